The quantitative estimate of drug-likeness (QED) is 0.650. The van der Waals surface area contributed by atoms with Crippen molar-refractivity contribution in [1.29, 1.82) is 0 Å². The highest BCUT2D eigenvalue weighted by Gasteiger charge is 2.24. The number of amides is 1. The van der Waals surface area contributed by atoms with Gasteiger partial charge in [-0.25, -0.2) is 0 Å². The molecular formula is C24H25ClN2O3. The first-order valence-corrected chi connectivity index (χ1v) is 10.6. The van der Waals surface area contributed by atoms with Crippen LogP contribution >= 0.6 is 11.6 Å². The summed E-state index contributed by atoms with van der Waals surface area (Å²) in [6.07, 6.45) is 1.88. The Morgan fingerprint density at radius 3 is 2.80 bits per heavy atom. The zero-order valence-corrected chi connectivity index (χ0v) is 18.0. The third-order valence-electron chi connectivity index (χ3n) is 5.80. The van der Waals surface area contributed by atoms with Crippen molar-refractivity contribution < 1.29 is 9.53 Å². The number of hydrogen-bond donors (Lipinski definition) is 1. The molecule has 4 rings (SSSR count). The molecule has 30 heavy (non-hydrogen) atoms. The van der Waals surface area contributed by atoms with E-state index in [1.165, 1.54) is 0 Å². The van der Waals surface area contributed by atoms with Crippen LogP contribution in [0.2, 0.25) is 5.02 Å². The molecular weight excluding hydrogens is 400 g/mol. The fourth-order valence-electron chi connectivity index (χ4n) is 3.95. The number of nitrogens with one attached hydrogen (secondary N) is 1. The molecule has 2 aromatic carbocycles. The van der Waals surface area contributed by atoms with Crippen LogP contribution in [0.5, 0.6) is 0 Å². The zero-order valence-electron chi connectivity index (χ0n) is 17.2. The number of nitrogens with zero attached hydrogens (tertiary/aromatic N) is 1. The van der Waals surface area contributed by atoms with E-state index in [0.29, 0.717) is 29.3 Å². The van der Waals surface area contributed by atoms with Gasteiger partial charge in [0.15, 0.2) is 0 Å². The van der Waals surface area contributed by atoms with Gasteiger partial charge in [0.2, 0.25) is 0 Å². The number of hydrogen-bond acceptors (Lipinski definition) is 3. The van der Waals surface area contributed by atoms with Gasteiger partial charge < -0.3 is 14.6 Å². The van der Waals surface area contributed by atoms with Gasteiger partial charge in [0.1, 0.15) is 0 Å². The number of carbonyl (C=O) groups is 1. The third kappa shape index (κ3) is 4.27. The van der Waals surface area contributed by atoms with Crippen LogP contribution in [0.25, 0.3) is 10.9 Å². The predicted molar refractivity (Wildman–Crippen MR) is 119 cm³/mol. The number of carbonyl (C=O) groups excluding carboxylic acids is 1. The molecule has 3 aromatic rings. The van der Waals surface area contributed by atoms with Gasteiger partial charge in [-0.2, -0.15) is 0 Å². The topological polar surface area (TPSA) is 62.4 Å². The molecule has 1 fully saturated rings. The van der Waals surface area contributed by atoms with Crippen molar-refractivity contribution in [2.45, 2.75) is 39.3 Å². The minimum Gasteiger partial charge on any atom is -0.376 e. The van der Waals surface area contributed by atoms with E-state index >= 15 is 0 Å². The van der Waals surface area contributed by atoms with Crippen LogP contribution in [0.1, 0.15) is 39.9 Å². The standard InChI is InChI=1S/C24H25ClN2O3/c1-15-8-9-17-11-19(23(28)26-22(17)16(15)2)13-27(14-21-7-4-10-30-21)24(29)18-5-3-6-20(25)12-18/h3,5-6,8-9,11-12,21H,4,7,10,13-14H2,1-2H3,(H,26,28)/t21-/m1/s1. The number of aromatic nitrogens is 1. The van der Waals surface area contributed by atoms with E-state index < -0.39 is 0 Å². The lowest BCUT2D eigenvalue weighted by Gasteiger charge is -2.25. The van der Waals surface area contributed by atoms with Crippen molar-refractivity contribution in [2.24, 2.45) is 0 Å². The monoisotopic (exact) mass is 424 g/mol. The van der Waals surface area contributed by atoms with Gasteiger partial charge in [-0.3, -0.25) is 9.59 Å². The first-order valence-electron chi connectivity index (χ1n) is 10.2. The summed E-state index contributed by atoms with van der Waals surface area (Å²) < 4.78 is 5.75. The minimum absolute atomic E-state index is 0.0161. The van der Waals surface area contributed by atoms with Crippen molar-refractivity contribution in [3.63, 3.8) is 0 Å². The smallest absolute Gasteiger partial charge is 0.254 e. The van der Waals surface area contributed by atoms with Crippen LogP contribution in [0.4, 0.5) is 0 Å². The van der Waals surface area contributed by atoms with E-state index in [-0.39, 0.29) is 24.1 Å². The number of rotatable bonds is 5. The van der Waals surface area contributed by atoms with Crippen LogP contribution in [0.3, 0.4) is 0 Å². The molecule has 0 saturated carbocycles. The molecule has 5 nitrogen and oxygen atoms in total. The van der Waals surface area contributed by atoms with Gasteiger partial charge in [0, 0.05) is 29.3 Å². The van der Waals surface area contributed by atoms with Gasteiger partial charge in [0.05, 0.1) is 18.2 Å². The maximum Gasteiger partial charge on any atom is 0.254 e. The van der Waals surface area contributed by atoms with E-state index in [0.717, 1.165) is 34.9 Å². The van der Waals surface area contributed by atoms with Crippen LogP contribution in [-0.2, 0) is 11.3 Å². The number of halogens is 1. The van der Waals surface area contributed by atoms with Crippen molar-refractivity contribution in [1.82, 2.24) is 9.88 Å². The van der Waals surface area contributed by atoms with Gasteiger partial charge >= 0.3 is 0 Å². The lowest BCUT2D eigenvalue weighted by Crippen LogP contribution is -2.38. The molecule has 2 heterocycles. The lowest BCUT2D eigenvalue weighted by molar-refractivity contribution is 0.0506. The molecule has 1 aromatic heterocycles. The maximum absolute atomic E-state index is 13.3. The summed E-state index contributed by atoms with van der Waals surface area (Å²) in [5, 5.41) is 1.47. The highest BCUT2D eigenvalue weighted by Crippen LogP contribution is 2.21. The number of pyridine rings is 1. The number of ether oxygens (including phenoxy) is 1. The summed E-state index contributed by atoms with van der Waals surface area (Å²) >= 11 is 6.09. The summed E-state index contributed by atoms with van der Waals surface area (Å²) in [4.78, 5) is 30.8. The molecule has 0 unspecified atom stereocenters. The highest BCUT2D eigenvalue weighted by molar-refractivity contribution is 6.30. The highest BCUT2D eigenvalue weighted by atomic mass is 35.5. The Labute approximate surface area is 180 Å². The fraction of sp³-hybridized carbons (Fsp3) is 0.333. The van der Waals surface area contributed by atoms with Crippen molar-refractivity contribution in [3.8, 4) is 0 Å². The first kappa shape index (κ1) is 20.6. The van der Waals surface area contributed by atoms with Gasteiger partial charge in [-0.05, 0) is 67.5 Å². The molecule has 1 aliphatic rings. The van der Waals surface area contributed by atoms with E-state index in [1.807, 2.05) is 32.0 Å². The Morgan fingerprint density at radius 1 is 1.23 bits per heavy atom. The molecule has 0 radical (unpaired) electrons. The molecule has 0 spiro atoms. The van der Waals surface area contributed by atoms with E-state index in [2.05, 4.69) is 4.98 Å². The Balaban J connectivity index is 1.69. The lowest BCUT2D eigenvalue weighted by atomic mass is 10.0. The molecule has 1 amide bonds. The Hall–Kier alpha value is -2.63. The second-order valence-corrected chi connectivity index (χ2v) is 8.36. The Bertz CT molecular complexity index is 1150. The predicted octanol–water partition coefficient (Wildman–Crippen LogP) is 4.62. The summed E-state index contributed by atoms with van der Waals surface area (Å²) in [6, 6.07) is 12.8. The first-order chi connectivity index (χ1) is 14.4. The minimum atomic E-state index is -0.174. The molecule has 1 atom stereocenters. The number of aryl methyl sites for hydroxylation is 2. The maximum atomic E-state index is 13.3. The van der Waals surface area contributed by atoms with Crippen LogP contribution < -0.4 is 5.56 Å². The van der Waals surface area contributed by atoms with Crippen LogP contribution in [0.15, 0.2) is 47.3 Å². The van der Waals surface area contributed by atoms with Crippen molar-refractivity contribution >= 4 is 28.4 Å². The summed E-state index contributed by atoms with van der Waals surface area (Å²) in [7, 11) is 0. The van der Waals surface area contributed by atoms with E-state index in [4.69, 9.17) is 16.3 Å². The zero-order chi connectivity index (χ0) is 21.3. The van der Waals surface area contributed by atoms with E-state index in [9.17, 15) is 9.59 Å². The normalized spacial score (nSPS) is 16.2. The van der Waals surface area contributed by atoms with Crippen molar-refractivity contribution in [3.05, 3.63) is 80.1 Å². The fourth-order valence-corrected chi connectivity index (χ4v) is 4.14. The number of H-pyrrole nitrogens is 1. The van der Waals surface area contributed by atoms with Gasteiger partial charge in [-0.1, -0.05) is 29.8 Å². The average Bonchev–Trinajstić information content (AvgIpc) is 3.24. The second kappa shape index (κ2) is 8.62. The summed E-state index contributed by atoms with van der Waals surface area (Å²) in [5.41, 5.74) is 3.91. The van der Waals surface area contributed by atoms with E-state index in [1.54, 1.807) is 29.2 Å². The van der Waals surface area contributed by atoms with Crippen LogP contribution in [-0.4, -0.2) is 35.0 Å². The second-order valence-electron chi connectivity index (χ2n) is 7.93. The molecule has 6 heteroatoms. The number of fused-ring (bicyclic) bond motifs is 1. The van der Waals surface area contributed by atoms with Gasteiger partial charge in [-0.15, -0.1) is 0 Å². The Kier molecular flexibility index (Phi) is 5.93. The Morgan fingerprint density at radius 2 is 2.07 bits per heavy atom. The molecule has 156 valence electrons. The van der Waals surface area contributed by atoms with Crippen molar-refractivity contribution in [2.75, 3.05) is 13.2 Å². The largest absolute Gasteiger partial charge is 0.376 e. The molecule has 0 aliphatic carbocycles. The third-order valence-corrected chi connectivity index (χ3v) is 6.03. The summed E-state index contributed by atoms with van der Waals surface area (Å²) in [5.74, 6) is -0.160. The molecule has 1 N–H and O–H groups in total. The van der Waals surface area contributed by atoms with Crippen LogP contribution in [0, 0.1) is 13.8 Å². The molecule has 1 aliphatic heterocycles. The molecule has 1 saturated heterocycles. The molecule has 0 bridgehead atoms. The SMILES string of the molecule is Cc1ccc2cc(CN(C[C@H]3CCCO3)C(=O)c3cccc(Cl)c3)c(=O)[nH]c2c1C. The number of benzene rings is 2. The summed E-state index contributed by atoms with van der Waals surface area (Å²) in [6.45, 7) is 5.38. The van der Waals surface area contributed by atoms with Gasteiger partial charge in [0.25, 0.3) is 11.5 Å². The number of aromatic amines is 1. The average molecular weight is 425 g/mol.